The van der Waals surface area contributed by atoms with Gasteiger partial charge in [-0.25, -0.2) is 4.79 Å². The monoisotopic (exact) mass is 160 g/mol. The van der Waals surface area contributed by atoms with Crippen molar-refractivity contribution in [1.82, 2.24) is 0 Å². The molecule has 0 aromatic carbocycles. The van der Waals surface area contributed by atoms with Crippen molar-refractivity contribution in [3.05, 3.63) is 11.8 Å². The van der Waals surface area contributed by atoms with E-state index in [2.05, 4.69) is 0 Å². The van der Waals surface area contributed by atoms with Gasteiger partial charge < -0.3 is 15.3 Å². The van der Waals surface area contributed by atoms with Crippen molar-refractivity contribution in [2.75, 3.05) is 0 Å². The van der Waals surface area contributed by atoms with E-state index in [1.165, 1.54) is 0 Å². The third kappa shape index (κ3) is 3.96. The summed E-state index contributed by atoms with van der Waals surface area (Å²) in [5, 5.41) is 24.7. The molecule has 0 aliphatic rings. The largest absolute Gasteiger partial charge is 0.515 e. The molecule has 0 heterocycles. The summed E-state index contributed by atoms with van der Waals surface area (Å²) in [5.41, 5.74) is -0.299. The third-order valence-corrected chi connectivity index (χ3v) is 1.04. The van der Waals surface area contributed by atoms with Crippen molar-refractivity contribution in [3.8, 4) is 0 Å². The van der Waals surface area contributed by atoms with Gasteiger partial charge in [-0.1, -0.05) is 0 Å². The van der Waals surface area contributed by atoms with Crippen LogP contribution >= 0.6 is 0 Å². The summed E-state index contributed by atoms with van der Waals surface area (Å²) >= 11 is 0. The van der Waals surface area contributed by atoms with Gasteiger partial charge in [-0.2, -0.15) is 0 Å². The Labute approximate surface area is 62.6 Å². The average Bonchev–Trinajstić information content (AvgIpc) is 1.87. The summed E-state index contributed by atoms with van der Waals surface area (Å²) in [6.07, 6.45) is -0.0505. The van der Waals surface area contributed by atoms with Crippen molar-refractivity contribution < 1.29 is 24.9 Å². The fourth-order valence-corrected chi connectivity index (χ4v) is 0.468. The fourth-order valence-electron chi connectivity index (χ4n) is 0.468. The van der Waals surface area contributed by atoms with Crippen molar-refractivity contribution in [1.29, 1.82) is 0 Å². The minimum Gasteiger partial charge on any atom is -0.515 e. The van der Waals surface area contributed by atoms with Gasteiger partial charge >= 0.3 is 11.9 Å². The molecule has 11 heavy (non-hydrogen) atoms. The van der Waals surface area contributed by atoms with Crippen molar-refractivity contribution >= 4 is 11.9 Å². The Morgan fingerprint density at radius 1 is 1.18 bits per heavy atom. The maximum Gasteiger partial charge on any atom is 0.334 e. The lowest BCUT2D eigenvalue weighted by molar-refractivity contribution is -0.137. The molecule has 0 spiro atoms. The highest BCUT2D eigenvalue weighted by Gasteiger charge is 2.08. The average molecular weight is 160 g/mol. The van der Waals surface area contributed by atoms with Crippen LogP contribution in [0.1, 0.15) is 12.8 Å². The highest BCUT2D eigenvalue weighted by atomic mass is 16.4. The van der Waals surface area contributed by atoms with Gasteiger partial charge in [0.1, 0.15) is 0 Å². The smallest absolute Gasteiger partial charge is 0.334 e. The normalized spacial score (nSPS) is 11.1. The Morgan fingerprint density at radius 2 is 1.73 bits per heavy atom. The van der Waals surface area contributed by atoms with Crippen LogP contribution in [0.15, 0.2) is 11.8 Å². The number of carboxylic acid groups (broad SMARTS) is 2. The SMILES string of the molecule is O=C(O)CC/C(=C/O)C(=O)O. The van der Waals surface area contributed by atoms with Crippen LogP contribution < -0.4 is 0 Å². The molecule has 5 heteroatoms. The molecule has 0 rings (SSSR count). The summed E-state index contributed by atoms with van der Waals surface area (Å²) in [6, 6.07) is 0. The molecule has 0 amide bonds. The number of aliphatic hydroxyl groups excluding tert-OH is 1. The van der Waals surface area contributed by atoms with Crippen molar-refractivity contribution in [3.63, 3.8) is 0 Å². The Kier molecular flexibility index (Phi) is 3.72. The van der Waals surface area contributed by atoms with Crippen LogP contribution in [0.5, 0.6) is 0 Å². The number of hydrogen-bond donors (Lipinski definition) is 3. The van der Waals surface area contributed by atoms with E-state index in [1.54, 1.807) is 0 Å². The third-order valence-electron chi connectivity index (χ3n) is 1.04. The molecule has 0 aromatic heterocycles. The summed E-state index contributed by atoms with van der Waals surface area (Å²) in [7, 11) is 0. The Hall–Kier alpha value is -1.52. The zero-order valence-corrected chi connectivity index (χ0v) is 5.65. The first-order valence-electron chi connectivity index (χ1n) is 2.86. The zero-order valence-electron chi connectivity index (χ0n) is 5.65. The number of aliphatic carboxylic acids is 2. The highest BCUT2D eigenvalue weighted by molar-refractivity contribution is 5.86. The molecule has 0 aliphatic heterocycles. The van der Waals surface area contributed by atoms with Gasteiger partial charge in [0.15, 0.2) is 0 Å². The van der Waals surface area contributed by atoms with Crippen LogP contribution in [0, 0.1) is 0 Å². The maximum atomic E-state index is 10.1. The first kappa shape index (κ1) is 9.48. The first-order chi connectivity index (χ1) is 5.07. The van der Waals surface area contributed by atoms with Crippen LogP contribution in [-0.4, -0.2) is 27.3 Å². The van der Waals surface area contributed by atoms with Crippen LogP contribution in [0.25, 0.3) is 0 Å². The zero-order chi connectivity index (χ0) is 8.85. The molecule has 0 bridgehead atoms. The second-order valence-corrected chi connectivity index (χ2v) is 1.85. The fraction of sp³-hybridized carbons (Fsp3) is 0.333. The molecular weight excluding hydrogens is 152 g/mol. The van der Waals surface area contributed by atoms with Gasteiger partial charge in [-0.15, -0.1) is 0 Å². The second kappa shape index (κ2) is 4.32. The molecule has 0 fully saturated rings. The predicted molar refractivity (Wildman–Crippen MR) is 35.2 cm³/mol. The molecule has 5 nitrogen and oxygen atoms in total. The number of carboxylic acids is 2. The lowest BCUT2D eigenvalue weighted by Gasteiger charge is -1.95. The van der Waals surface area contributed by atoms with E-state index in [1.807, 2.05) is 0 Å². The molecule has 0 unspecified atom stereocenters. The first-order valence-corrected chi connectivity index (χ1v) is 2.86. The number of rotatable bonds is 4. The van der Waals surface area contributed by atoms with Gasteiger partial charge in [0.25, 0.3) is 0 Å². The standard InChI is InChI=1S/C6H8O5/c7-3-4(6(10)11)1-2-5(8)9/h3,7H,1-2H2,(H,8,9)(H,10,11)/b4-3-. The summed E-state index contributed by atoms with van der Waals surface area (Å²) in [6.45, 7) is 0. The quantitative estimate of drug-likeness (QED) is 0.408. The van der Waals surface area contributed by atoms with Gasteiger partial charge in [-0.3, -0.25) is 4.79 Å². The number of aliphatic hydroxyl groups is 1. The highest BCUT2D eigenvalue weighted by Crippen LogP contribution is 2.03. The van der Waals surface area contributed by atoms with Gasteiger partial charge in [0, 0.05) is 6.42 Å². The minimum absolute atomic E-state index is 0.166. The van der Waals surface area contributed by atoms with Crippen LogP contribution in [0.3, 0.4) is 0 Å². The Balaban J connectivity index is 3.92. The molecule has 0 saturated carbocycles. The van der Waals surface area contributed by atoms with E-state index < -0.39 is 11.9 Å². The van der Waals surface area contributed by atoms with Gasteiger partial charge in [0.2, 0.25) is 0 Å². The van der Waals surface area contributed by atoms with Crippen LogP contribution in [-0.2, 0) is 9.59 Å². The van der Waals surface area contributed by atoms with Gasteiger partial charge in [0.05, 0.1) is 11.8 Å². The topological polar surface area (TPSA) is 94.8 Å². The van der Waals surface area contributed by atoms with Crippen molar-refractivity contribution in [2.24, 2.45) is 0 Å². The molecule has 0 aliphatic carbocycles. The van der Waals surface area contributed by atoms with Crippen molar-refractivity contribution in [2.45, 2.75) is 12.8 Å². The van der Waals surface area contributed by atoms with Gasteiger partial charge in [-0.05, 0) is 6.42 Å². The van der Waals surface area contributed by atoms with E-state index in [9.17, 15) is 9.59 Å². The molecule has 3 N–H and O–H groups in total. The molecule has 0 radical (unpaired) electrons. The molecule has 0 saturated heterocycles. The predicted octanol–water partition coefficient (Wildman–Crippen LogP) is 0.378. The number of carbonyl (C=O) groups is 2. The van der Waals surface area contributed by atoms with E-state index in [0.29, 0.717) is 6.26 Å². The molecule has 0 atom stereocenters. The molecular formula is C6H8O5. The Morgan fingerprint density at radius 3 is 2.00 bits per heavy atom. The lowest BCUT2D eigenvalue weighted by Crippen LogP contribution is -2.03. The lowest BCUT2D eigenvalue weighted by atomic mass is 10.1. The van der Waals surface area contributed by atoms with Crippen LogP contribution in [0.2, 0.25) is 0 Å². The Bertz CT molecular complexity index is 193. The second-order valence-electron chi connectivity index (χ2n) is 1.85. The van der Waals surface area contributed by atoms with Crippen LogP contribution in [0.4, 0.5) is 0 Å². The number of hydrogen-bond acceptors (Lipinski definition) is 3. The molecule has 0 aromatic rings. The summed E-state index contributed by atoms with van der Waals surface area (Å²) < 4.78 is 0. The minimum atomic E-state index is -1.30. The molecule has 62 valence electrons. The maximum absolute atomic E-state index is 10.1. The van der Waals surface area contributed by atoms with E-state index in [4.69, 9.17) is 15.3 Å². The summed E-state index contributed by atoms with van der Waals surface area (Å²) in [4.78, 5) is 20.1. The van der Waals surface area contributed by atoms with E-state index >= 15 is 0 Å². The van der Waals surface area contributed by atoms with E-state index in [0.717, 1.165) is 0 Å². The van der Waals surface area contributed by atoms with E-state index in [-0.39, 0.29) is 18.4 Å². The summed E-state index contributed by atoms with van der Waals surface area (Å²) in [5.74, 6) is -2.39.